The average molecular weight is 385 g/mol. The number of nitrogens with zero attached hydrogens (tertiary/aromatic N) is 2. The van der Waals surface area contributed by atoms with Gasteiger partial charge in [0.05, 0.1) is 6.42 Å². The Morgan fingerprint density at radius 2 is 1.81 bits per heavy atom. The number of amides is 1. The highest BCUT2D eigenvalue weighted by atomic mass is 32.1. The number of rotatable bonds is 8. The lowest BCUT2D eigenvalue weighted by atomic mass is 10.1. The molecule has 0 bridgehead atoms. The van der Waals surface area contributed by atoms with Gasteiger partial charge in [-0.25, -0.2) is 4.39 Å². The first-order chi connectivity index (χ1) is 13.1. The third-order valence-corrected chi connectivity index (χ3v) is 4.42. The Hall–Kier alpha value is -2.80. The van der Waals surface area contributed by atoms with Gasteiger partial charge in [-0.15, -0.1) is 0 Å². The summed E-state index contributed by atoms with van der Waals surface area (Å²) in [5.74, 6) is 1.02. The normalized spacial score (nSPS) is 10.6. The number of benzene rings is 2. The van der Waals surface area contributed by atoms with Crippen LogP contribution in [0.2, 0.25) is 0 Å². The van der Waals surface area contributed by atoms with Crippen LogP contribution in [0.4, 0.5) is 4.39 Å². The number of carbonyl (C=O) groups excluding carboxylic acids is 1. The SMILES string of the molecule is CCCNC(=O)Cc1ccc(Oc2nc(Cc3ccc(F)cc3)ns2)cc1. The van der Waals surface area contributed by atoms with Crippen molar-refractivity contribution < 1.29 is 13.9 Å². The third kappa shape index (κ3) is 5.86. The van der Waals surface area contributed by atoms with Gasteiger partial charge in [0.1, 0.15) is 11.6 Å². The summed E-state index contributed by atoms with van der Waals surface area (Å²) in [6, 6.07) is 13.6. The van der Waals surface area contributed by atoms with Gasteiger partial charge < -0.3 is 10.1 Å². The van der Waals surface area contributed by atoms with Crippen molar-refractivity contribution in [2.75, 3.05) is 6.54 Å². The molecule has 1 amide bonds. The first-order valence-corrected chi connectivity index (χ1v) is 9.50. The van der Waals surface area contributed by atoms with Crippen molar-refractivity contribution in [3.8, 4) is 10.9 Å². The van der Waals surface area contributed by atoms with E-state index in [4.69, 9.17) is 4.74 Å². The molecule has 3 rings (SSSR count). The smallest absolute Gasteiger partial charge is 0.298 e. The molecule has 0 spiro atoms. The Balaban J connectivity index is 1.55. The average Bonchev–Trinajstić information content (AvgIpc) is 3.10. The molecule has 0 aliphatic heterocycles. The summed E-state index contributed by atoms with van der Waals surface area (Å²) in [6.07, 6.45) is 1.79. The minimum atomic E-state index is -0.264. The molecule has 3 aromatic rings. The van der Waals surface area contributed by atoms with Crippen LogP contribution in [0, 0.1) is 5.82 Å². The van der Waals surface area contributed by atoms with Gasteiger partial charge >= 0.3 is 0 Å². The Morgan fingerprint density at radius 3 is 2.52 bits per heavy atom. The van der Waals surface area contributed by atoms with E-state index in [1.54, 1.807) is 12.1 Å². The van der Waals surface area contributed by atoms with Crippen molar-refractivity contribution >= 4 is 17.4 Å². The lowest BCUT2D eigenvalue weighted by Gasteiger charge is -2.05. The van der Waals surface area contributed by atoms with Crippen molar-refractivity contribution in [1.82, 2.24) is 14.7 Å². The van der Waals surface area contributed by atoms with E-state index in [0.717, 1.165) is 17.5 Å². The van der Waals surface area contributed by atoms with Crippen molar-refractivity contribution in [2.45, 2.75) is 26.2 Å². The number of ether oxygens (including phenoxy) is 1. The molecule has 5 nitrogen and oxygen atoms in total. The van der Waals surface area contributed by atoms with E-state index in [-0.39, 0.29) is 11.7 Å². The quantitative estimate of drug-likeness (QED) is 0.633. The molecule has 0 saturated heterocycles. The van der Waals surface area contributed by atoms with Gasteiger partial charge in [0, 0.05) is 24.5 Å². The van der Waals surface area contributed by atoms with E-state index < -0.39 is 0 Å². The lowest BCUT2D eigenvalue weighted by Crippen LogP contribution is -2.25. The van der Waals surface area contributed by atoms with Crippen molar-refractivity contribution in [3.05, 3.63) is 71.3 Å². The molecule has 1 N–H and O–H groups in total. The van der Waals surface area contributed by atoms with E-state index in [1.807, 2.05) is 31.2 Å². The fourth-order valence-electron chi connectivity index (χ4n) is 2.42. The molecule has 0 aliphatic carbocycles. The molecule has 0 saturated carbocycles. The van der Waals surface area contributed by atoms with Crippen LogP contribution in [0.3, 0.4) is 0 Å². The lowest BCUT2D eigenvalue weighted by molar-refractivity contribution is -0.120. The molecule has 27 heavy (non-hydrogen) atoms. The largest absolute Gasteiger partial charge is 0.430 e. The maximum Gasteiger partial charge on any atom is 0.298 e. The monoisotopic (exact) mass is 385 g/mol. The van der Waals surface area contributed by atoms with Crippen LogP contribution in [0.1, 0.15) is 30.3 Å². The molecule has 1 aromatic heterocycles. The number of nitrogens with one attached hydrogen (secondary N) is 1. The molecule has 0 radical (unpaired) electrons. The van der Waals surface area contributed by atoms with Gasteiger partial charge in [-0.1, -0.05) is 31.2 Å². The second kappa shape index (κ2) is 9.23. The van der Waals surface area contributed by atoms with E-state index in [9.17, 15) is 9.18 Å². The Bertz CT molecular complexity index is 879. The maximum atomic E-state index is 13.0. The number of hydrogen-bond donors (Lipinski definition) is 1. The molecule has 7 heteroatoms. The highest BCUT2D eigenvalue weighted by Gasteiger charge is 2.08. The molecular formula is C20H20FN3O2S. The highest BCUT2D eigenvalue weighted by Crippen LogP contribution is 2.24. The summed E-state index contributed by atoms with van der Waals surface area (Å²) < 4.78 is 23.0. The van der Waals surface area contributed by atoms with Crippen LogP contribution in [0.5, 0.6) is 10.9 Å². The van der Waals surface area contributed by atoms with E-state index in [1.165, 1.54) is 23.7 Å². The van der Waals surface area contributed by atoms with E-state index in [2.05, 4.69) is 14.7 Å². The zero-order valence-corrected chi connectivity index (χ0v) is 15.8. The summed E-state index contributed by atoms with van der Waals surface area (Å²) in [5, 5.41) is 3.30. The molecule has 2 aromatic carbocycles. The zero-order valence-electron chi connectivity index (χ0n) is 14.9. The standard InChI is InChI=1S/C20H20FN3O2S/c1-2-11-22-19(25)13-15-5-9-17(10-6-15)26-20-23-18(24-27-20)12-14-3-7-16(21)8-4-14/h3-10H,2,11-13H2,1H3,(H,22,25). The first kappa shape index (κ1) is 19.0. The van der Waals surface area contributed by atoms with Gasteiger partial charge in [0.25, 0.3) is 5.19 Å². The van der Waals surface area contributed by atoms with Crippen LogP contribution in [0.25, 0.3) is 0 Å². The zero-order chi connectivity index (χ0) is 19.1. The minimum absolute atomic E-state index is 0.0140. The van der Waals surface area contributed by atoms with Crippen LogP contribution < -0.4 is 10.1 Å². The highest BCUT2D eigenvalue weighted by molar-refractivity contribution is 7.07. The Kier molecular flexibility index (Phi) is 6.49. The number of carbonyl (C=O) groups is 1. The summed E-state index contributed by atoms with van der Waals surface area (Å²) in [4.78, 5) is 16.1. The van der Waals surface area contributed by atoms with Crippen LogP contribution in [-0.4, -0.2) is 21.8 Å². The Labute approximate surface area is 161 Å². The van der Waals surface area contributed by atoms with Gasteiger partial charge in [-0.3, -0.25) is 4.79 Å². The van der Waals surface area contributed by atoms with Crippen LogP contribution >= 0.6 is 11.5 Å². The Morgan fingerprint density at radius 1 is 1.11 bits per heavy atom. The molecule has 0 atom stereocenters. The van der Waals surface area contributed by atoms with Gasteiger partial charge in [0.2, 0.25) is 5.91 Å². The second-order valence-electron chi connectivity index (χ2n) is 6.05. The molecule has 0 fully saturated rings. The molecule has 1 heterocycles. The summed E-state index contributed by atoms with van der Waals surface area (Å²) >= 11 is 1.17. The summed E-state index contributed by atoms with van der Waals surface area (Å²) in [6.45, 7) is 2.71. The molecule has 0 unspecified atom stereocenters. The van der Waals surface area contributed by atoms with Gasteiger partial charge in [0.15, 0.2) is 5.82 Å². The fraction of sp³-hybridized carbons (Fsp3) is 0.250. The minimum Gasteiger partial charge on any atom is -0.430 e. The predicted molar refractivity (Wildman–Crippen MR) is 103 cm³/mol. The number of aromatic nitrogens is 2. The predicted octanol–water partition coefficient (Wildman–Crippen LogP) is 4.13. The summed E-state index contributed by atoms with van der Waals surface area (Å²) in [7, 11) is 0. The van der Waals surface area contributed by atoms with Gasteiger partial charge in [-0.2, -0.15) is 9.36 Å². The van der Waals surface area contributed by atoms with Crippen molar-refractivity contribution in [2.24, 2.45) is 0 Å². The maximum absolute atomic E-state index is 13.0. The van der Waals surface area contributed by atoms with E-state index >= 15 is 0 Å². The van der Waals surface area contributed by atoms with Crippen molar-refractivity contribution in [1.29, 1.82) is 0 Å². The van der Waals surface area contributed by atoms with Crippen LogP contribution in [-0.2, 0) is 17.6 Å². The molecular weight excluding hydrogens is 365 g/mol. The summed E-state index contributed by atoms with van der Waals surface area (Å²) in [5.41, 5.74) is 1.86. The number of hydrogen-bond acceptors (Lipinski definition) is 5. The first-order valence-electron chi connectivity index (χ1n) is 8.73. The second-order valence-corrected chi connectivity index (χ2v) is 6.77. The topological polar surface area (TPSA) is 64.1 Å². The molecule has 0 aliphatic rings. The van der Waals surface area contributed by atoms with Crippen molar-refractivity contribution in [3.63, 3.8) is 0 Å². The van der Waals surface area contributed by atoms with Crippen LogP contribution in [0.15, 0.2) is 48.5 Å². The number of halogens is 1. The van der Waals surface area contributed by atoms with E-state index in [0.29, 0.717) is 36.2 Å². The fourth-order valence-corrected chi connectivity index (χ4v) is 2.99. The third-order valence-electron chi connectivity index (χ3n) is 3.79. The molecule has 140 valence electrons. The van der Waals surface area contributed by atoms with Gasteiger partial charge in [-0.05, 0) is 41.8 Å².